The van der Waals surface area contributed by atoms with Crippen LogP contribution < -0.4 is 0 Å². The fourth-order valence-electron chi connectivity index (χ4n) is 2.83. The van der Waals surface area contributed by atoms with E-state index < -0.39 is 0 Å². The van der Waals surface area contributed by atoms with Crippen LogP contribution in [0.15, 0.2) is 30.8 Å². The SMILES string of the molecule is CCSC1=C(SCC)C(=C2C(=S)C(S)C(S)C2=S)C(SCC)=C1SCC. The minimum Gasteiger partial charge on any atom is -0.169 e. The van der Waals surface area contributed by atoms with Crippen LogP contribution in [-0.4, -0.2) is 43.2 Å². The van der Waals surface area contributed by atoms with E-state index in [4.69, 9.17) is 24.4 Å². The zero-order valence-corrected chi connectivity index (χ0v) is 22.0. The standard InChI is InChI=1S/C18H24S8/c1-5-23-15-10(9-11(19)13(21)14(22)12(9)20)16(24-6-2)18(26-8-4)17(15)25-7-3/h13-14,21-22H,5-8H2,1-4H3. The first kappa shape index (κ1) is 23.8. The molecule has 0 aromatic carbocycles. The lowest BCUT2D eigenvalue weighted by atomic mass is 10.1. The predicted octanol–water partition coefficient (Wildman–Crippen LogP) is 7.08. The summed E-state index contributed by atoms with van der Waals surface area (Å²) < 4.78 is 0. The lowest BCUT2D eigenvalue weighted by Gasteiger charge is -2.14. The molecule has 1 fully saturated rings. The minimum atomic E-state index is -0.0748. The van der Waals surface area contributed by atoms with Gasteiger partial charge in [0.15, 0.2) is 0 Å². The van der Waals surface area contributed by atoms with Gasteiger partial charge in [-0.1, -0.05) is 52.1 Å². The normalized spacial score (nSPS) is 23.9. The molecule has 2 aliphatic rings. The lowest BCUT2D eigenvalue weighted by Crippen LogP contribution is -2.15. The summed E-state index contributed by atoms with van der Waals surface area (Å²) in [5.41, 5.74) is 2.32. The van der Waals surface area contributed by atoms with E-state index >= 15 is 0 Å². The minimum absolute atomic E-state index is 0.0748. The van der Waals surface area contributed by atoms with Crippen molar-refractivity contribution in [3.63, 3.8) is 0 Å². The smallest absolute Gasteiger partial charge is 0.0541 e. The molecule has 0 radical (unpaired) electrons. The van der Waals surface area contributed by atoms with Crippen molar-refractivity contribution in [3.05, 3.63) is 30.8 Å². The van der Waals surface area contributed by atoms with Gasteiger partial charge in [0.05, 0.1) is 10.5 Å². The van der Waals surface area contributed by atoms with E-state index in [-0.39, 0.29) is 10.5 Å². The molecule has 0 aliphatic heterocycles. The van der Waals surface area contributed by atoms with E-state index in [0.29, 0.717) is 0 Å². The summed E-state index contributed by atoms with van der Waals surface area (Å²) in [5, 5.41) is -0.150. The predicted molar refractivity (Wildman–Crippen MR) is 144 cm³/mol. The molecule has 0 N–H and O–H groups in total. The fraction of sp³-hybridized carbons (Fsp3) is 0.556. The topological polar surface area (TPSA) is 0 Å². The number of thioether (sulfide) groups is 4. The van der Waals surface area contributed by atoms with Crippen LogP contribution in [0, 0.1) is 0 Å². The molecule has 0 aromatic heterocycles. The van der Waals surface area contributed by atoms with E-state index in [1.54, 1.807) is 0 Å². The van der Waals surface area contributed by atoms with E-state index in [9.17, 15) is 0 Å². The van der Waals surface area contributed by atoms with Crippen molar-refractivity contribution in [1.82, 2.24) is 0 Å². The molecule has 0 saturated heterocycles. The Morgan fingerprint density at radius 1 is 0.615 bits per heavy atom. The quantitative estimate of drug-likeness (QED) is 0.208. The van der Waals surface area contributed by atoms with E-state index in [1.807, 2.05) is 47.0 Å². The Morgan fingerprint density at radius 2 is 0.923 bits per heavy atom. The van der Waals surface area contributed by atoms with Crippen molar-refractivity contribution in [1.29, 1.82) is 0 Å². The highest BCUT2D eigenvalue weighted by Gasteiger charge is 2.41. The monoisotopic (exact) mass is 496 g/mol. The Balaban J connectivity index is 2.79. The molecule has 2 rings (SSSR count). The number of allylic oxidation sites excluding steroid dienone is 3. The third kappa shape index (κ3) is 4.63. The van der Waals surface area contributed by atoms with Gasteiger partial charge in [-0.2, -0.15) is 25.3 Å². The Kier molecular flexibility index (Phi) is 10.1. The van der Waals surface area contributed by atoms with Crippen LogP contribution in [-0.2, 0) is 0 Å². The number of thiocarbonyl (C=S) groups is 2. The van der Waals surface area contributed by atoms with Crippen LogP contribution in [0.1, 0.15) is 27.7 Å². The molecule has 0 bridgehead atoms. The zero-order valence-electron chi connectivity index (χ0n) is 15.3. The largest absolute Gasteiger partial charge is 0.169 e. The first-order chi connectivity index (χ1) is 12.4. The molecule has 0 nitrogen and oxygen atoms in total. The zero-order chi connectivity index (χ0) is 19.4. The highest BCUT2D eigenvalue weighted by molar-refractivity contribution is 8.11. The summed E-state index contributed by atoms with van der Waals surface area (Å²) >= 11 is 28.7. The van der Waals surface area contributed by atoms with Gasteiger partial charge in [-0.3, -0.25) is 0 Å². The summed E-state index contributed by atoms with van der Waals surface area (Å²) in [4.78, 5) is 7.26. The van der Waals surface area contributed by atoms with Gasteiger partial charge >= 0.3 is 0 Å². The maximum atomic E-state index is 5.79. The first-order valence-electron chi connectivity index (χ1n) is 8.63. The van der Waals surface area contributed by atoms with Gasteiger partial charge in [0, 0.05) is 40.5 Å². The Labute approximate surface area is 196 Å². The lowest BCUT2D eigenvalue weighted by molar-refractivity contribution is 1.30. The second-order valence-electron chi connectivity index (χ2n) is 5.42. The van der Waals surface area contributed by atoms with Crippen LogP contribution in [0.2, 0.25) is 0 Å². The number of hydrogen-bond acceptors (Lipinski definition) is 8. The van der Waals surface area contributed by atoms with Crippen LogP contribution >= 0.6 is 96.7 Å². The van der Waals surface area contributed by atoms with Crippen LogP contribution in [0.5, 0.6) is 0 Å². The van der Waals surface area contributed by atoms with Crippen molar-refractivity contribution in [3.8, 4) is 0 Å². The molecule has 1 saturated carbocycles. The molecular formula is C18H24S8. The van der Waals surface area contributed by atoms with Crippen LogP contribution in [0.3, 0.4) is 0 Å². The second kappa shape index (κ2) is 11.0. The molecule has 8 heteroatoms. The molecule has 2 atom stereocenters. The van der Waals surface area contributed by atoms with Crippen LogP contribution in [0.4, 0.5) is 0 Å². The van der Waals surface area contributed by atoms with E-state index in [2.05, 4.69) is 53.0 Å². The van der Waals surface area contributed by atoms with Crippen molar-refractivity contribution in [2.75, 3.05) is 23.0 Å². The van der Waals surface area contributed by atoms with E-state index in [0.717, 1.165) is 38.3 Å². The van der Waals surface area contributed by atoms with Gasteiger partial charge in [-0.25, -0.2) is 0 Å². The van der Waals surface area contributed by atoms with Crippen molar-refractivity contribution in [2.24, 2.45) is 0 Å². The second-order valence-corrected chi connectivity index (χ2v) is 12.5. The number of thiol groups is 2. The van der Waals surface area contributed by atoms with Crippen molar-refractivity contribution in [2.45, 2.75) is 38.2 Å². The Hall–Kier alpha value is 1.50. The van der Waals surface area contributed by atoms with Gasteiger partial charge in [-0.15, -0.1) is 47.0 Å². The highest BCUT2D eigenvalue weighted by Crippen LogP contribution is 2.56. The van der Waals surface area contributed by atoms with Crippen molar-refractivity contribution >= 4 is 106 Å². The number of hydrogen-bond donors (Lipinski definition) is 2. The average Bonchev–Trinajstić information content (AvgIpc) is 2.98. The van der Waals surface area contributed by atoms with Crippen molar-refractivity contribution < 1.29 is 0 Å². The van der Waals surface area contributed by atoms with Gasteiger partial charge in [-0.05, 0) is 23.0 Å². The highest BCUT2D eigenvalue weighted by atomic mass is 32.2. The molecule has 0 aromatic rings. The molecule has 0 amide bonds. The third-order valence-corrected chi connectivity index (χ3v) is 10.8. The number of rotatable bonds is 8. The summed E-state index contributed by atoms with van der Waals surface area (Å²) in [6.07, 6.45) is 0. The maximum Gasteiger partial charge on any atom is 0.0541 e. The molecule has 144 valence electrons. The summed E-state index contributed by atoms with van der Waals surface area (Å²) in [6, 6.07) is 0. The molecule has 0 spiro atoms. The Bertz CT molecular complexity index is 629. The third-order valence-electron chi connectivity index (χ3n) is 3.81. The van der Waals surface area contributed by atoms with Gasteiger partial charge in [0.1, 0.15) is 0 Å². The fourth-order valence-corrected chi connectivity index (χ4v) is 8.85. The average molecular weight is 497 g/mol. The molecular weight excluding hydrogens is 473 g/mol. The maximum absolute atomic E-state index is 5.79. The van der Waals surface area contributed by atoms with Crippen LogP contribution in [0.25, 0.3) is 0 Å². The molecule has 2 aliphatic carbocycles. The van der Waals surface area contributed by atoms with Gasteiger partial charge in [0.25, 0.3) is 0 Å². The summed E-state index contributed by atoms with van der Waals surface area (Å²) in [5.74, 6) is 4.18. The Morgan fingerprint density at radius 3 is 1.23 bits per heavy atom. The molecule has 0 heterocycles. The van der Waals surface area contributed by atoms with Gasteiger partial charge < -0.3 is 0 Å². The van der Waals surface area contributed by atoms with Gasteiger partial charge in [0.2, 0.25) is 0 Å². The molecule has 2 unspecified atom stereocenters. The van der Waals surface area contributed by atoms with E-state index in [1.165, 1.54) is 25.2 Å². The first-order valence-corrected chi connectivity index (χ1v) is 14.4. The molecule has 26 heavy (non-hydrogen) atoms. The summed E-state index contributed by atoms with van der Waals surface area (Å²) in [7, 11) is 0. The summed E-state index contributed by atoms with van der Waals surface area (Å²) in [6.45, 7) is 8.85.